The summed E-state index contributed by atoms with van der Waals surface area (Å²) in [6, 6.07) is 15.4. The summed E-state index contributed by atoms with van der Waals surface area (Å²) in [4.78, 5) is 12.9. The molecule has 1 N–H and O–H groups in total. The molecule has 0 atom stereocenters. The minimum absolute atomic E-state index is 0.00407. The van der Waals surface area contributed by atoms with E-state index in [1.807, 2.05) is 12.1 Å². The van der Waals surface area contributed by atoms with Gasteiger partial charge in [0.05, 0.1) is 12.0 Å². The number of nitro groups is 1. The fraction of sp³-hybridized carbons (Fsp3) is 0.368. The number of rotatable bonds is 10. The number of nitrogens with zero attached hydrogens (tertiary/aromatic N) is 2. The van der Waals surface area contributed by atoms with Gasteiger partial charge in [-0.25, -0.2) is 0 Å². The molecule has 0 heterocycles. The van der Waals surface area contributed by atoms with Crippen LogP contribution in [-0.2, 0) is 13.1 Å². The fourth-order valence-corrected chi connectivity index (χ4v) is 2.67. The second kappa shape index (κ2) is 9.76. The zero-order chi connectivity index (χ0) is 18.1. The van der Waals surface area contributed by atoms with E-state index in [0.29, 0.717) is 6.54 Å². The van der Waals surface area contributed by atoms with E-state index >= 15 is 0 Å². The first-order valence-electron chi connectivity index (χ1n) is 8.34. The van der Waals surface area contributed by atoms with E-state index in [1.165, 1.54) is 12.7 Å². The van der Waals surface area contributed by atoms with Gasteiger partial charge in [0, 0.05) is 19.2 Å². The number of benzene rings is 2. The van der Waals surface area contributed by atoms with Crippen LogP contribution in [0.4, 0.5) is 5.69 Å². The molecule has 6 nitrogen and oxygen atoms in total. The minimum atomic E-state index is -0.416. The van der Waals surface area contributed by atoms with Gasteiger partial charge in [-0.3, -0.25) is 10.1 Å². The molecule has 2 aromatic carbocycles. The van der Waals surface area contributed by atoms with Crippen molar-refractivity contribution in [2.45, 2.75) is 19.5 Å². The van der Waals surface area contributed by atoms with E-state index in [9.17, 15) is 10.1 Å². The Morgan fingerprint density at radius 1 is 1.16 bits per heavy atom. The zero-order valence-corrected chi connectivity index (χ0v) is 14.8. The van der Waals surface area contributed by atoms with Crippen LogP contribution in [0.2, 0.25) is 0 Å². The van der Waals surface area contributed by atoms with Crippen molar-refractivity contribution >= 4 is 5.69 Å². The van der Waals surface area contributed by atoms with Gasteiger partial charge < -0.3 is 15.0 Å². The molecule has 0 radical (unpaired) electrons. The fourth-order valence-electron chi connectivity index (χ4n) is 2.67. The van der Waals surface area contributed by atoms with Crippen LogP contribution >= 0.6 is 0 Å². The van der Waals surface area contributed by atoms with Gasteiger partial charge in [-0.2, -0.15) is 0 Å². The molecule has 0 aromatic heterocycles. The van der Waals surface area contributed by atoms with Crippen molar-refractivity contribution in [1.82, 2.24) is 10.2 Å². The third-order valence-corrected chi connectivity index (χ3v) is 3.96. The Bertz CT molecular complexity index is 677. The molecule has 0 spiro atoms. The molecule has 134 valence electrons. The van der Waals surface area contributed by atoms with Gasteiger partial charge in [-0.1, -0.05) is 36.4 Å². The van der Waals surface area contributed by atoms with Gasteiger partial charge >= 0.3 is 5.69 Å². The summed E-state index contributed by atoms with van der Waals surface area (Å²) in [6.07, 6.45) is 1.02. The minimum Gasteiger partial charge on any atom is -0.490 e. The van der Waals surface area contributed by atoms with Crippen molar-refractivity contribution in [1.29, 1.82) is 0 Å². The summed E-state index contributed by atoms with van der Waals surface area (Å²) >= 11 is 0. The molecule has 2 aromatic rings. The average molecular weight is 343 g/mol. The van der Waals surface area contributed by atoms with Crippen LogP contribution in [0.3, 0.4) is 0 Å². The molecule has 0 bridgehead atoms. The Morgan fingerprint density at radius 3 is 2.60 bits per heavy atom. The number of methoxy groups -OCH3 is 1. The van der Waals surface area contributed by atoms with Gasteiger partial charge in [-0.05, 0) is 43.8 Å². The van der Waals surface area contributed by atoms with Crippen LogP contribution in [0.1, 0.15) is 17.5 Å². The lowest BCUT2D eigenvalue weighted by atomic mass is 10.2. The Balaban J connectivity index is 1.71. The predicted molar refractivity (Wildman–Crippen MR) is 98.7 cm³/mol. The lowest BCUT2D eigenvalue weighted by Crippen LogP contribution is -2.23. The van der Waals surface area contributed by atoms with Gasteiger partial charge in [0.15, 0.2) is 5.75 Å². The van der Waals surface area contributed by atoms with E-state index in [4.69, 9.17) is 4.74 Å². The highest BCUT2D eigenvalue weighted by Gasteiger charge is 2.14. The number of nitrogens with one attached hydrogen (secondary N) is 1. The highest BCUT2D eigenvalue weighted by Crippen LogP contribution is 2.27. The van der Waals surface area contributed by atoms with Crippen LogP contribution in [0.15, 0.2) is 48.5 Å². The third kappa shape index (κ3) is 6.17. The van der Waals surface area contributed by atoms with Crippen molar-refractivity contribution in [3.63, 3.8) is 0 Å². The summed E-state index contributed by atoms with van der Waals surface area (Å²) in [7, 11) is 3.55. The maximum atomic E-state index is 11.0. The van der Waals surface area contributed by atoms with E-state index in [0.717, 1.165) is 31.6 Å². The molecule has 0 aliphatic carbocycles. The molecule has 0 aliphatic heterocycles. The molecule has 25 heavy (non-hydrogen) atoms. The summed E-state index contributed by atoms with van der Waals surface area (Å²) in [6.45, 7) is 3.39. The lowest BCUT2D eigenvalue weighted by Gasteiger charge is -2.16. The topological polar surface area (TPSA) is 67.6 Å². The summed E-state index contributed by atoms with van der Waals surface area (Å²) < 4.78 is 5.01. The first kappa shape index (κ1) is 18.9. The smallest absolute Gasteiger partial charge is 0.311 e. The number of hydrogen-bond acceptors (Lipinski definition) is 5. The summed E-state index contributed by atoms with van der Waals surface area (Å²) in [5, 5.41) is 14.4. The Hall–Kier alpha value is -2.44. The largest absolute Gasteiger partial charge is 0.490 e. The van der Waals surface area contributed by atoms with E-state index in [-0.39, 0.29) is 11.4 Å². The predicted octanol–water partition coefficient (Wildman–Crippen LogP) is 3.22. The van der Waals surface area contributed by atoms with E-state index in [2.05, 4.69) is 41.5 Å². The Labute approximate surface area is 148 Å². The molecule has 0 fully saturated rings. The maximum absolute atomic E-state index is 11.0. The van der Waals surface area contributed by atoms with E-state index in [1.54, 1.807) is 12.1 Å². The molecule has 0 saturated heterocycles. The molecule has 0 saturated carbocycles. The Morgan fingerprint density at radius 2 is 1.92 bits per heavy atom. The maximum Gasteiger partial charge on any atom is 0.311 e. The van der Waals surface area contributed by atoms with Gasteiger partial charge in [0.1, 0.15) is 0 Å². The Kier molecular flexibility index (Phi) is 7.37. The van der Waals surface area contributed by atoms with Crippen molar-refractivity contribution in [3.05, 3.63) is 69.8 Å². The third-order valence-electron chi connectivity index (χ3n) is 3.96. The van der Waals surface area contributed by atoms with Crippen LogP contribution < -0.4 is 10.1 Å². The quantitative estimate of drug-likeness (QED) is 0.408. The lowest BCUT2D eigenvalue weighted by molar-refractivity contribution is -0.385. The second-order valence-corrected chi connectivity index (χ2v) is 6.02. The average Bonchev–Trinajstić information content (AvgIpc) is 2.62. The van der Waals surface area contributed by atoms with Crippen LogP contribution in [0, 0.1) is 10.1 Å². The van der Waals surface area contributed by atoms with Crippen molar-refractivity contribution < 1.29 is 9.66 Å². The van der Waals surface area contributed by atoms with Crippen molar-refractivity contribution in [2.75, 3.05) is 27.2 Å². The van der Waals surface area contributed by atoms with Gasteiger partial charge in [0.25, 0.3) is 0 Å². The van der Waals surface area contributed by atoms with Crippen molar-refractivity contribution in [2.24, 2.45) is 0 Å². The summed E-state index contributed by atoms with van der Waals surface area (Å²) in [5.41, 5.74) is 2.19. The highest BCUT2D eigenvalue weighted by atomic mass is 16.6. The van der Waals surface area contributed by atoms with Crippen LogP contribution in [0.25, 0.3) is 0 Å². The molecule has 0 amide bonds. The second-order valence-electron chi connectivity index (χ2n) is 6.02. The number of ether oxygens (including phenoxy) is 1. The summed E-state index contributed by atoms with van der Waals surface area (Å²) in [5.74, 6) is 0.288. The molecular formula is C19H25N3O3. The molecule has 2 rings (SSSR count). The standard InChI is InChI=1S/C19H25N3O3/c1-21(15-16-7-4-3-5-8-16)12-6-11-20-14-17-9-10-19(25-2)18(13-17)22(23)24/h3-5,7-10,13,20H,6,11-12,14-15H2,1-2H3. The zero-order valence-electron chi connectivity index (χ0n) is 14.8. The van der Waals surface area contributed by atoms with Gasteiger partial charge in [-0.15, -0.1) is 0 Å². The van der Waals surface area contributed by atoms with Crippen LogP contribution in [0.5, 0.6) is 5.75 Å². The monoisotopic (exact) mass is 343 g/mol. The SMILES string of the molecule is COc1ccc(CNCCCN(C)Cc2ccccc2)cc1[N+](=O)[O-]. The highest BCUT2D eigenvalue weighted by molar-refractivity contribution is 5.48. The number of nitro benzene ring substituents is 1. The molecule has 0 aliphatic rings. The molecular weight excluding hydrogens is 318 g/mol. The molecule has 6 heteroatoms. The van der Waals surface area contributed by atoms with Gasteiger partial charge in [0.2, 0.25) is 0 Å². The van der Waals surface area contributed by atoms with Crippen LogP contribution in [-0.4, -0.2) is 37.1 Å². The molecule has 0 unspecified atom stereocenters. The first-order valence-corrected chi connectivity index (χ1v) is 8.34. The van der Waals surface area contributed by atoms with E-state index < -0.39 is 4.92 Å². The van der Waals surface area contributed by atoms with Crippen molar-refractivity contribution in [3.8, 4) is 5.75 Å². The normalized spacial score (nSPS) is 10.8. The first-order chi connectivity index (χ1) is 12.1. The number of hydrogen-bond donors (Lipinski definition) is 1.